The number of aliphatic carboxylic acids is 1. The van der Waals surface area contributed by atoms with E-state index in [0.29, 0.717) is 13.1 Å². The number of nitrogens with zero attached hydrogens (tertiary/aromatic N) is 1. The number of rotatable bonds is 7. The Labute approximate surface area is 115 Å². The molecule has 1 aliphatic heterocycles. The Morgan fingerprint density at radius 2 is 2.05 bits per heavy atom. The standard InChI is InChI=1S/C14H26N2O3/c1-2-3-4-6-9-15-14(19)16-10-7-5-8-12(16)11-13(17)18/h12H,2-11H2,1H3,(H,15,19)(H,17,18). The number of carbonyl (C=O) groups excluding carboxylic acids is 1. The molecule has 1 rings (SSSR count). The van der Waals surface area contributed by atoms with Crippen molar-refractivity contribution in [3.63, 3.8) is 0 Å². The van der Waals surface area contributed by atoms with Crippen LogP contribution in [0, 0.1) is 0 Å². The fourth-order valence-electron chi connectivity index (χ4n) is 2.53. The summed E-state index contributed by atoms with van der Waals surface area (Å²) in [5.74, 6) is -0.826. The van der Waals surface area contributed by atoms with Gasteiger partial charge in [0.1, 0.15) is 0 Å². The fraction of sp³-hybridized carbons (Fsp3) is 0.857. The first-order chi connectivity index (χ1) is 9.15. The van der Waals surface area contributed by atoms with Gasteiger partial charge in [-0.2, -0.15) is 0 Å². The van der Waals surface area contributed by atoms with Crippen molar-refractivity contribution in [3.8, 4) is 0 Å². The van der Waals surface area contributed by atoms with Crippen LogP contribution in [-0.4, -0.2) is 41.1 Å². The van der Waals surface area contributed by atoms with Crippen LogP contribution in [-0.2, 0) is 4.79 Å². The SMILES string of the molecule is CCCCCCNC(=O)N1CCCCC1CC(=O)O. The van der Waals surface area contributed by atoms with Gasteiger partial charge in [-0.1, -0.05) is 26.2 Å². The normalized spacial score (nSPS) is 19.2. The number of carboxylic acid groups (broad SMARTS) is 1. The zero-order chi connectivity index (χ0) is 14.1. The summed E-state index contributed by atoms with van der Waals surface area (Å²) in [6, 6.07) is -0.232. The van der Waals surface area contributed by atoms with Crippen LogP contribution < -0.4 is 5.32 Å². The second kappa shape index (κ2) is 8.77. The molecule has 110 valence electrons. The van der Waals surface area contributed by atoms with Gasteiger partial charge in [-0.15, -0.1) is 0 Å². The highest BCUT2D eigenvalue weighted by atomic mass is 16.4. The summed E-state index contributed by atoms with van der Waals surface area (Å²) >= 11 is 0. The van der Waals surface area contributed by atoms with Gasteiger partial charge in [0.25, 0.3) is 0 Å². The molecule has 0 saturated carbocycles. The molecule has 0 aromatic heterocycles. The number of hydrogen-bond acceptors (Lipinski definition) is 2. The molecule has 1 fully saturated rings. The van der Waals surface area contributed by atoms with Gasteiger partial charge in [-0.05, 0) is 25.7 Å². The van der Waals surface area contributed by atoms with E-state index in [9.17, 15) is 9.59 Å². The number of unbranched alkanes of at least 4 members (excludes halogenated alkanes) is 3. The number of carbonyl (C=O) groups is 2. The quantitative estimate of drug-likeness (QED) is 0.699. The van der Waals surface area contributed by atoms with E-state index in [2.05, 4.69) is 12.2 Å². The maximum Gasteiger partial charge on any atom is 0.317 e. The highest BCUT2D eigenvalue weighted by molar-refractivity contribution is 5.76. The molecular weight excluding hydrogens is 244 g/mol. The van der Waals surface area contributed by atoms with Crippen molar-refractivity contribution < 1.29 is 14.7 Å². The van der Waals surface area contributed by atoms with Gasteiger partial charge in [-0.25, -0.2) is 4.79 Å². The van der Waals surface area contributed by atoms with Crippen molar-refractivity contribution in [2.45, 2.75) is 64.3 Å². The van der Waals surface area contributed by atoms with Crippen LogP contribution in [0.2, 0.25) is 0 Å². The lowest BCUT2D eigenvalue weighted by molar-refractivity contribution is -0.138. The Hall–Kier alpha value is -1.26. The van der Waals surface area contributed by atoms with E-state index < -0.39 is 5.97 Å². The predicted octanol–water partition coefficient (Wildman–Crippen LogP) is 2.61. The van der Waals surface area contributed by atoms with Crippen molar-refractivity contribution in [1.29, 1.82) is 0 Å². The Bertz CT molecular complexity index is 294. The molecule has 0 aromatic carbocycles. The second-order valence-electron chi connectivity index (χ2n) is 5.23. The molecule has 5 heteroatoms. The molecular formula is C14H26N2O3. The van der Waals surface area contributed by atoms with Crippen LogP contribution in [0.1, 0.15) is 58.3 Å². The molecule has 2 amide bonds. The molecule has 0 spiro atoms. The predicted molar refractivity (Wildman–Crippen MR) is 74.1 cm³/mol. The minimum Gasteiger partial charge on any atom is -0.481 e. The molecule has 1 unspecified atom stereocenters. The van der Waals surface area contributed by atoms with Crippen molar-refractivity contribution in [1.82, 2.24) is 10.2 Å². The second-order valence-corrected chi connectivity index (χ2v) is 5.23. The Morgan fingerprint density at radius 3 is 2.74 bits per heavy atom. The summed E-state index contributed by atoms with van der Waals surface area (Å²) in [4.78, 5) is 24.6. The molecule has 0 aromatic rings. The third-order valence-electron chi connectivity index (χ3n) is 3.60. The number of urea groups is 1. The molecule has 1 aliphatic rings. The monoisotopic (exact) mass is 270 g/mol. The first-order valence-corrected chi connectivity index (χ1v) is 7.41. The van der Waals surface area contributed by atoms with E-state index in [4.69, 9.17) is 5.11 Å². The van der Waals surface area contributed by atoms with Gasteiger partial charge in [0.15, 0.2) is 0 Å². The minimum atomic E-state index is -0.826. The van der Waals surface area contributed by atoms with Crippen molar-refractivity contribution in [2.24, 2.45) is 0 Å². The largest absolute Gasteiger partial charge is 0.481 e. The first kappa shape index (κ1) is 15.8. The highest BCUT2D eigenvalue weighted by Gasteiger charge is 2.28. The average molecular weight is 270 g/mol. The highest BCUT2D eigenvalue weighted by Crippen LogP contribution is 2.19. The summed E-state index contributed by atoms with van der Waals surface area (Å²) < 4.78 is 0. The number of likely N-dealkylation sites (tertiary alicyclic amines) is 1. The number of amides is 2. The number of piperidine rings is 1. The molecule has 2 N–H and O–H groups in total. The van der Waals surface area contributed by atoms with Crippen LogP contribution in [0.15, 0.2) is 0 Å². The summed E-state index contributed by atoms with van der Waals surface area (Å²) in [5, 5.41) is 11.8. The minimum absolute atomic E-state index is 0.0588. The molecule has 1 atom stereocenters. The van der Waals surface area contributed by atoms with Crippen molar-refractivity contribution >= 4 is 12.0 Å². The van der Waals surface area contributed by atoms with Gasteiger partial charge < -0.3 is 15.3 Å². The summed E-state index contributed by atoms with van der Waals surface area (Å²) in [6.07, 6.45) is 7.35. The van der Waals surface area contributed by atoms with Gasteiger partial charge in [0.05, 0.1) is 6.42 Å². The maximum atomic E-state index is 12.0. The van der Waals surface area contributed by atoms with Crippen molar-refractivity contribution in [3.05, 3.63) is 0 Å². The van der Waals surface area contributed by atoms with Crippen LogP contribution in [0.4, 0.5) is 4.79 Å². The smallest absolute Gasteiger partial charge is 0.317 e. The number of nitrogens with one attached hydrogen (secondary N) is 1. The Morgan fingerprint density at radius 1 is 1.26 bits per heavy atom. The third kappa shape index (κ3) is 5.94. The Balaban J connectivity index is 2.32. The van der Waals surface area contributed by atoms with Crippen LogP contribution >= 0.6 is 0 Å². The number of carboxylic acids is 1. The van der Waals surface area contributed by atoms with E-state index in [0.717, 1.165) is 32.1 Å². The Kier molecular flexibility index (Phi) is 7.30. The van der Waals surface area contributed by atoms with E-state index >= 15 is 0 Å². The van der Waals surface area contributed by atoms with Gasteiger partial charge in [-0.3, -0.25) is 4.79 Å². The van der Waals surface area contributed by atoms with Crippen LogP contribution in [0.3, 0.4) is 0 Å². The zero-order valence-corrected chi connectivity index (χ0v) is 11.9. The van der Waals surface area contributed by atoms with Crippen molar-refractivity contribution in [2.75, 3.05) is 13.1 Å². The lowest BCUT2D eigenvalue weighted by Gasteiger charge is -2.34. The summed E-state index contributed by atoms with van der Waals surface area (Å²) in [7, 11) is 0. The lowest BCUT2D eigenvalue weighted by atomic mass is 10.00. The molecule has 5 nitrogen and oxygen atoms in total. The average Bonchev–Trinajstić information content (AvgIpc) is 2.38. The lowest BCUT2D eigenvalue weighted by Crippen LogP contribution is -2.49. The summed E-state index contributed by atoms with van der Waals surface area (Å²) in [5.41, 5.74) is 0. The summed E-state index contributed by atoms with van der Waals surface area (Å²) in [6.45, 7) is 3.52. The van der Waals surface area contributed by atoms with E-state index in [1.165, 1.54) is 12.8 Å². The molecule has 0 radical (unpaired) electrons. The molecule has 1 heterocycles. The maximum absolute atomic E-state index is 12.0. The third-order valence-corrected chi connectivity index (χ3v) is 3.60. The van der Waals surface area contributed by atoms with Gasteiger partial charge >= 0.3 is 12.0 Å². The molecule has 0 aliphatic carbocycles. The van der Waals surface area contributed by atoms with E-state index in [1.54, 1.807) is 4.90 Å². The first-order valence-electron chi connectivity index (χ1n) is 7.41. The molecule has 1 saturated heterocycles. The fourth-order valence-corrected chi connectivity index (χ4v) is 2.53. The van der Waals surface area contributed by atoms with Gasteiger partial charge in [0.2, 0.25) is 0 Å². The number of hydrogen-bond donors (Lipinski definition) is 2. The molecule has 0 bridgehead atoms. The van der Waals surface area contributed by atoms with E-state index in [1.807, 2.05) is 0 Å². The molecule has 19 heavy (non-hydrogen) atoms. The topological polar surface area (TPSA) is 69.6 Å². The zero-order valence-electron chi connectivity index (χ0n) is 11.9. The van der Waals surface area contributed by atoms with Crippen LogP contribution in [0.25, 0.3) is 0 Å². The van der Waals surface area contributed by atoms with Crippen LogP contribution in [0.5, 0.6) is 0 Å². The van der Waals surface area contributed by atoms with E-state index in [-0.39, 0.29) is 18.5 Å². The van der Waals surface area contributed by atoms with Gasteiger partial charge in [0, 0.05) is 19.1 Å².